The molecule has 0 aliphatic heterocycles. The average Bonchev–Trinajstić information content (AvgIpc) is 2.63. The van der Waals surface area contributed by atoms with Crippen molar-refractivity contribution in [1.82, 2.24) is 0 Å². The Morgan fingerprint density at radius 3 is 2.48 bits per heavy atom. The first-order valence-electron chi connectivity index (χ1n) is 7.77. The van der Waals surface area contributed by atoms with Gasteiger partial charge in [-0.05, 0) is 36.8 Å². The Morgan fingerprint density at radius 1 is 1.04 bits per heavy atom. The topological polar surface area (TPSA) is 87.7 Å². The molecule has 0 saturated carbocycles. The van der Waals surface area contributed by atoms with Gasteiger partial charge in [0.2, 0.25) is 0 Å². The van der Waals surface area contributed by atoms with Crippen LogP contribution in [0, 0.1) is 6.92 Å². The average molecular weight is 338 g/mol. The van der Waals surface area contributed by atoms with Crippen LogP contribution in [0.3, 0.4) is 0 Å². The largest absolute Gasteiger partial charge is 0.508 e. The number of anilines is 3. The maximum atomic E-state index is 11.9. The highest BCUT2D eigenvalue weighted by Gasteiger charge is 2.21. The van der Waals surface area contributed by atoms with Crippen LogP contribution in [-0.2, 0) is 6.54 Å². The zero-order valence-corrected chi connectivity index (χ0v) is 13.9. The molecule has 0 aromatic heterocycles. The highest BCUT2D eigenvalue weighted by molar-refractivity contribution is 5.79. The van der Waals surface area contributed by atoms with Gasteiger partial charge in [-0.15, -0.1) is 0 Å². The number of ether oxygens (including phenoxy) is 1. The summed E-state index contributed by atoms with van der Waals surface area (Å²) in [7, 11) is 1.58. The second-order valence-electron chi connectivity index (χ2n) is 5.70. The third-order valence-corrected chi connectivity index (χ3v) is 4.02. The Balaban J connectivity index is 1.79. The van der Waals surface area contributed by atoms with Crippen molar-refractivity contribution in [3.8, 4) is 11.5 Å². The van der Waals surface area contributed by atoms with Gasteiger partial charge in [0.1, 0.15) is 22.9 Å². The van der Waals surface area contributed by atoms with Gasteiger partial charge in [0.05, 0.1) is 7.11 Å². The Labute approximate surface area is 144 Å². The number of methoxy groups -OCH3 is 1. The number of hydrogen-bond donors (Lipinski definition) is 3. The van der Waals surface area contributed by atoms with Crippen LogP contribution in [0.1, 0.15) is 11.1 Å². The van der Waals surface area contributed by atoms with Gasteiger partial charge in [0.15, 0.2) is 0 Å². The summed E-state index contributed by atoms with van der Waals surface area (Å²) in [5.41, 5.74) is 1.55. The van der Waals surface area contributed by atoms with E-state index in [0.29, 0.717) is 23.5 Å². The Kier molecular flexibility index (Phi) is 4.43. The molecule has 128 valence electrons. The lowest BCUT2D eigenvalue weighted by molar-refractivity contribution is 0.410. The summed E-state index contributed by atoms with van der Waals surface area (Å²) in [6.07, 6.45) is 0. The lowest BCUT2D eigenvalue weighted by Gasteiger charge is -2.16. The smallest absolute Gasteiger partial charge is 0.253 e. The highest BCUT2D eigenvalue weighted by atomic mass is 16.5. The van der Waals surface area contributed by atoms with E-state index in [-0.39, 0.29) is 17.1 Å². The van der Waals surface area contributed by atoms with Crippen molar-refractivity contribution in [1.29, 1.82) is 0 Å². The van der Waals surface area contributed by atoms with Gasteiger partial charge >= 0.3 is 0 Å². The molecule has 3 rings (SSSR count). The van der Waals surface area contributed by atoms with E-state index in [1.807, 2.05) is 24.3 Å². The first kappa shape index (κ1) is 16.6. The number of hydrogen-bond acceptors (Lipinski definition) is 6. The lowest BCUT2D eigenvalue weighted by atomic mass is 10.1. The van der Waals surface area contributed by atoms with E-state index in [0.717, 1.165) is 5.56 Å². The molecule has 0 bridgehead atoms. The number of phenolic OH excluding ortho intramolecular Hbond substituents is 1. The lowest BCUT2D eigenvalue weighted by Crippen LogP contribution is -2.36. The molecule has 0 amide bonds. The standard InChI is InChI=1S/C19H18N2O4/c1-11-9-13(7-8-14(11)22)21-17-16(18(23)19(17)24)20-10-12-5-3-4-6-15(12)25-2/h3-9,20-22H,10H2,1-2H3. The monoisotopic (exact) mass is 338 g/mol. The maximum absolute atomic E-state index is 11.9. The molecule has 0 radical (unpaired) electrons. The van der Waals surface area contributed by atoms with E-state index < -0.39 is 10.9 Å². The maximum Gasteiger partial charge on any atom is 0.253 e. The normalized spacial score (nSPS) is 10.6. The third-order valence-electron chi connectivity index (χ3n) is 4.02. The molecule has 0 saturated heterocycles. The number of aryl methyl sites for hydroxylation is 1. The second kappa shape index (κ2) is 6.68. The second-order valence-corrected chi connectivity index (χ2v) is 5.70. The van der Waals surface area contributed by atoms with Gasteiger partial charge in [-0.3, -0.25) is 9.59 Å². The van der Waals surface area contributed by atoms with E-state index >= 15 is 0 Å². The van der Waals surface area contributed by atoms with Crippen molar-refractivity contribution < 1.29 is 9.84 Å². The van der Waals surface area contributed by atoms with Crippen molar-refractivity contribution in [2.45, 2.75) is 13.5 Å². The van der Waals surface area contributed by atoms with E-state index in [9.17, 15) is 14.7 Å². The number of rotatable bonds is 6. The van der Waals surface area contributed by atoms with Gasteiger partial charge in [0, 0.05) is 17.8 Å². The first-order chi connectivity index (χ1) is 12.0. The van der Waals surface area contributed by atoms with Gasteiger partial charge < -0.3 is 20.5 Å². The van der Waals surface area contributed by atoms with Crippen LogP contribution in [-0.4, -0.2) is 12.2 Å². The molecular weight excluding hydrogens is 320 g/mol. The Morgan fingerprint density at radius 2 is 1.76 bits per heavy atom. The van der Waals surface area contributed by atoms with Gasteiger partial charge in [0.25, 0.3) is 10.9 Å². The van der Waals surface area contributed by atoms with Crippen LogP contribution < -0.4 is 26.2 Å². The fourth-order valence-electron chi connectivity index (χ4n) is 2.59. The van der Waals surface area contributed by atoms with Crippen LogP contribution in [0.4, 0.5) is 17.1 Å². The fourth-order valence-corrected chi connectivity index (χ4v) is 2.59. The Hall–Kier alpha value is -3.28. The zero-order chi connectivity index (χ0) is 18.0. The summed E-state index contributed by atoms with van der Waals surface area (Å²) in [4.78, 5) is 23.8. The molecule has 0 unspecified atom stereocenters. The first-order valence-corrected chi connectivity index (χ1v) is 7.77. The minimum absolute atomic E-state index is 0.171. The minimum Gasteiger partial charge on any atom is -0.508 e. The van der Waals surface area contributed by atoms with Crippen molar-refractivity contribution in [2.24, 2.45) is 0 Å². The molecule has 0 fully saturated rings. The van der Waals surface area contributed by atoms with Crippen LogP contribution >= 0.6 is 0 Å². The fraction of sp³-hybridized carbons (Fsp3) is 0.158. The van der Waals surface area contributed by atoms with E-state index in [2.05, 4.69) is 10.6 Å². The van der Waals surface area contributed by atoms with Gasteiger partial charge in [-0.1, -0.05) is 18.2 Å². The number of aromatic hydroxyl groups is 1. The summed E-state index contributed by atoms with van der Waals surface area (Å²) < 4.78 is 5.28. The van der Waals surface area contributed by atoms with Crippen LogP contribution in [0.5, 0.6) is 11.5 Å². The van der Waals surface area contributed by atoms with Crippen LogP contribution in [0.2, 0.25) is 0 Å². The zero-order valence-electron chi connectivity index (χ0n) is 13.9. The number of para-hydroxylation sites is 1. The number of benzene rings is 2. The van der Waals surface area contributed by atoms with Crippen LogP contribution in [0.25, 0.3) is 0 Å². The van der Waals surface area contributed by atoms with Crippen molar-refractivity contribution in [3.63, 3.8) is 0 Å². The van der Waals surface area contributed by atoms with Crippen molar-refractivity contribution >= 4 is 17.1 Å². The summed E-state index contributed by atoms with van der Waals surface area (Å²) in [5.74, 6) is 0.877. The summed E-state index contributed by atoms with van der Waals surface area (Å²) in [6, 6.07) is 12.3. The van der Waals surface area contributed by atoms with Gasteiger partial charge in [-0.2, -0.15) is 0 Å². The van der Waals surface area contributed by atoms with E-state index in [1.54, 1.807) is 26.2 Å². The number of nitrogens with one attached hydrogen (secondary N) is 2. The minimum atomic E-state index is -0.562. The quantitative estimate of drug-likeness (QED) is 0.473. The molecule has 25 heavy (non-hydrogen) atoms. The molecule has 6 nitrogen and oxygen atoms in total. The molecule has 0 spiro atoms. The van der Waals surface area contributed by atoms with E-state index in [1.165, 1.54) is 6.07 Å². The molecule has 6 heteroatoms. The molecule has 0 aliphatic rings. The molecule has 3 aromatic carbocycles. The predicted octanol–water partition coefficient (Wildman–Crippen LogP) is 2.66. The van der Waals surface area contributed by atoms with Crippen molar-refractivity contribution in [2.75, 3.05) is 17.7 Å². The summed E-state index contributed by atoms with van der Waals surface area (Å²) >= 11 is 0. The molecule has 3 N–H and O–H groups in total. The summed E-state index contributed by atoms with van der Waals surface area (Å²) in [6.45, 7) is 2.11. The molecular formula is C19H18N2O4. The summed E-state index contributed by atoms with van der Waals surface area (Å²) in [5, 5.41) is 15.5. The molecule has 0 aliphatic carbocycles. The predicted molar refractivity (Wildman–Crippen MR) is 97.8 cm³/mol. The molecule has 3 aromatic rings. The van der Waals surface area contributed by atoms with Gasteiger partial charge in [-0.25, -0.2) is 0 Å². The SMILES string of the molecule is COc1ccccc1CNc1c(Nc2ccc(O)c(C)c2)c(=O)c1=O. The third kappa shape index (κ3) is 3.19. The molecule has 0 heterocycles. The Bertz CT molecular complexity index is 988. The van der Waals surface area contributed by atoms with E-state index in [4.69, 9.17) is 4.74 Å². The highest BCUT2D eigenvalue weighted by Crippen LogP contribution is 2.26. The molecule has 0 atom stereocenters. The van der Waals surface area contributed by atoms with Crippen molar-refractivity contribution in [3.05, 3.63) is 74.0 Å². The van der Waals surface area contributed by atoms with Crippen LogP contribution in [0.15, 0.2) is 52.1 Å². The number of phenols is 1.